The fourth-order valence-corrected chi connectivity index (χ4v) is 3.10. The van der Waals surface area contributed by atoms with Gasteiger partial charge in [-0.05, 0) is 37.5 Å². The number of aromatic nitrogens is 2. The zero-order valence-corrected chi connectivity index (χ0v) is 16.1. The van der Waals surface area contributed by atoms with Crippen molar-refractivity contribution in [3.63, 3.8) is 0 Å². The number of urea groups is 1. The van der Waals surface area contributed by atoms with Crippen molar-refractivity contribution < 1.29 is 18.8 Å². The number of likely N-dealkylation sites (tertiary alicyclic amines) is 1. The van der Waals surface area contributed by atoms with E-state index in [4.69, 9.17) is 9.26 Å². The molecule has 1 aromatic heterocycles. The lowest BCUT2D eigenvalue weighted by Gasteiger charge is -2.31. The number of carbonyl (C=O) groups excluding carboxylic acids is 2. The van der Waals surface area contributed by atoms with Gasteiger partial charge in [0.15, 0.2) is 5.82 Å². The molecule has 28 heavy (non-hydrogen) atoms. The van der Waals surface area contributed by atoms with Crippen molar-refractivity contribution in [3.8, 4) is 5.75 Å². The van der Waals surface area contributed by atoms with Crippen LogP contribution in [0.15, 0.2) is 28.8 Å². The average molecular weight is 387 g/mol. The Hall–Kier alpha value is -3.10. The van der Waals surface area contributed by atoms with E-state index in [2.05, 4.69) is 20.8 Å². The van der Waals surface area contributed by atoms with Crippen molar-refractivity contribution in [2.45, 2.75) is 32.9 Å². The van der Waals surface area contributed by atoms with Gasteiger partial charge in [0.2, 0.25) is 11.8 Å². The first-order chi connectivity index (χ1) is 13.5. The van der Waals surface area contributed by atoms with Crippen LogP contribution < -0.4 is 15.4 Å². The highest BCUT2D eigenvalue weighted by Gasteiger charge is 2.27. The molecule has 0 radical (unpaired) electrons. The fourth-order valence-electron chi connectivity index (χ4n) is 3.10. The van der Waals surface area contributed by atoms with E-state index in [1.54, 1.807) is 18.9 Å². The number of hydrogen-bond donors (Lipinski definition) is 2. The van der Waals surface area contributed by atoms with Gasteiger partial charge in [0.05, 0.1) is 13.7 Å². The molecule has 0 saturated carbocycles. The standard InChI is InChI=1S/C19H25N5O4/c1-13-22-17(28-23-13)12-20-18(25)15-7-9-24(10-8-15)19(26)21-11-14-3-5-16(27-2)6-4-14/h3-6,15H,7-12H2,1-2H3,(H,20,25)(H,21,26). The van der Waals surface area contributed by atoms with E-state index >= 15 is 0 Å². The molecule has 3 rings (SSSR count). The second kappa shape index (κ2) is 9.20. The number of nitrogens with zero attached hydrogens (tertiary/aromatic N) is 3. The first kappa shape index (κ1) is 19.7. The quantitative estimate of drug-likeness (QED) is 0.780. The predicted molar refractivity (Wildman–Crippen MR) is 100 cm³/mol. The number of piperidine rings is 1. The van der Waals surface area contributed by atoms with Crippen molar-refractivity contribution in [1.82, 2.24) is 25.7 Å². The van der Waals surface area contributed by atoms with Crippen LogP contribution in [0.25, 0.3) is 0 Å². The zero-order chi connectivity index (χ0) is 19.9. The Bertz CT molecular complexity index is 797. The molecule has 9 heteroatoms. The third kappa shape index (κ3) is 5.21. The molecular formula is C19H25N5O4. The SMILES string of the molecule is COc1ccc(CNC(=O)N2CCC(C(=O)NCc3nc(C)no3)CC2)cc1. The summed E-state index contributed by atoms with van der Waals surface area (Å²) in [6, 6.07) is 7.44. The van der Waals surface area contributed by atoms with Crippen molar-refractivity contribution in [2.75, 3.05) is 20.2 Å². The molecule has 0 atom stereocenters. The van der Waals surface area contributed by atoms with Gasteiger partial charge in [0, 0.05) is 25.6 Å². The molecule has 0 aliphatic carbocycles. The number of carbonyl (C=O) groups is 2. The molecular weight excluding hydrogens is 362 g/mol. The summed E-state index contributed by atoms with van der Waals surface area (Å²) in [7, 11) is 1.62. The topological polar surface area (TPSA) is 110 Å². The van der Waals surface area contributed by atoms with Gasteiger partial charge in [0.1, 0.15) is 5.75 Å². The number of ether oxygens (including phenoxy) is 1. The molecule has 0 spiro atoms. The molecule has 0 bridgehead atoms. The molecule has 150 valence electrons. The summed E-state index contributed by atoms with van der Waals surface area (Å²) in [5.41, 5.74) is 1.000. The summed E-state index contributed by atoms with van der Waals surface area (Å²) in [6.07, 6.45) is 1.26. The van der Waals surface area contributed by atoms with Gasteiger partial charge >= 0.3 is 6.03 Å². The normalized spacial score (nSPS) is 14.6. The van der Waals surface area contributed by atoms with E-state index in [9.17, 15) is 9.59 Å². The number of aryl methyl sites for hydroxylation is 1. The summed E-state index contributed by atoms with van der Waals surface area (Å²) < 4.78 is 10.1. The van der Waals surface area contributed by atoms with E-state index in [1.165, 1.54) is 0 Å². The van der Waals surface area contributed by atoms with Crippen LogP contribution in [0.2, 0.25) is 0 Å². The van der Waals surface area contributed by atoms with E-state index < -0.39 is 0 Å². The first-order valence-corrected chi connectivity index (χ1v) is 9.27. The van der Waals surface area contributed by atoms with Crippen LogP contribution in [0.1, 0.15) is 30.1 Å². The summed E-state index contributed by atoms with van der Waals surface area (Å²) >= 11 is 0. The number of nitrogens with one attached hydrogen (secondary N) is 2. The number of amides is 3. The lowest BCUT2D eigenvalue weighted by molar-refractivity contribution is -0.126. The molecule has 1 aliphatic heterocycles. The van der Waals surface area contributed by atoms with Crippen LogP contribution in [-0.2, 0) is 17.9 Å². The number of hydrogen-bond acceptors (Lipinski definition) is 6. The lowest BCUT2D eigenvalue weighted by atomic mass is 9.96. The number of rotatable bonds is 6. The Kier molecular flexibility index (Phi) is 6.46. The maximum Gasteiger partial charge on any atom is 0.317 e. The highest BCUT2D eigenvalue weighted by molar-refractivity contribution is 5.79. The van der Waals surface area contributed by atoms with Crippen molar-refractivity contribution >= 4 is 11.9 Å². The lowest BCUT2D eigenvalue weighted by Crippen LogP contribution is -2.46. The molecule has 1 saturated heterocycles. The molecule has 1 aliphatic rings. The summed E-state index contributed by atoms with van der Waals surface area (Å²) in [5, 5.41) is 9.42. The molecule has 2 N–H and O–H groups in total. The van der Waals surface area contributed by atoms with Gasteiger partial charge in [-0.2, -0.15) is 4.98 Å². The van der Waals surface area contributed by atoms with Gasteiger partial charge in [0.25, 0.3) is 0 Å². The van der Waals surface area contributed by atoms with E-state index in [-0.39, 0.29) is 24.4 Å². The average Bonchev–Trinajstić information content (AvgIpc) is 3.16. The minimum atomic E-state index is -0.116. The Morgan fingerprint density at radius 3 is 2.50 bits per heavy atom. The van der Waals surface area contributed by atoms with Crippen molar-refractivity contribution in [3.05, 3.63) is 41.5 Å². The van der Waals surface area contributed by atoms with Crippen LogP contribution >= 0.6 is 0 Å². The molecule has 9 nitrogen and oxygen atoms in total. The van der Waals surface area contributed by atoms with E-state index in [0.29, 0.717) is 44.2 Å². The van der Waals surface area contributed by atoms with Crippen LogP contribution in [0.4, 0.5) is 4.79 Å². The largest absolute Gasteiger partial charge is 0.497 e. The first-order valence-electron chi connectivity index (χ1n) is 9.27. The minimum absolute atomic E-state index is 0.0471. The highest BCUT2D eigenvalue weighted by atomic mass is 16.5. The maximum atomic E-state index is 12.3. The summed E-state index contributed by atoms with van der Waals surface area (Å²) in [4.78, 5) is 30.4. The smallest absolute Gasteiger partial charge is 0.317 e. The predicted octanol–water partition coefficient (Wildman–Crippen LogP) is 1.62. The van der Waals surface area contributed by atoms with Crippen LogP contribution in [0.5, 0.6) is 5.75 Å². The summed E-state index contributed by atoms with van der Waals surface area (Å²) in [5.74, 6) is 1.55. The summed E-state index contributed by atoms with van der Waals surface area (Å²) in [6.45, 7) is 3.50. The van der Waals surface area contributed by atoms with Crippen LogP contribution in [-0.4, -0.2) is 47.2 Å². The zero-order valence-electron chi connectivity index (χ0n) is 16.1. The van der Waals surface area contributed by atoms with Gasteiger partial charge in [-0.15, -0.1) is 0 Å². The Labute approximate surface area is 163 Å². The van der Waals surface area contributed by atoms with Crippen molar-refractivity contribution in [2.24, 2.45) is 5.92 Å². The Balaban J connectivity index is 1.38. The van der Waals surface area contributed by atoms with Crippen LogP contribution in [0.3, 0.4) is 0 Å². The van der Waals surface area contributed by atoms with Crippen LogP contribution in [0, 0.1) is 12.8 Å². The van der Waals surface area contributed by atoms with Crippen molar-refractivity contribution in [1.29, 1.82) is 0 Å². The van der Waals surface area contributed by atoms with Gasteiger partial charge in [-0.3, -0.25) is 4.79 Å². The molecule has 0 unspecified atom stereocenters. The molecule has 2 aromatic rings. The van der Waals surface area contributed by atoms with Gasteiger partial charge < -0.3 is 24.8 Å². The monoisotopic (exact) mass is 387 g/mol. The molecule has 1 aromatic carbocycles. The van der Waals surface area contributed by atoms with Gasteiger partial charge in [-0.25, -0.2) is 4.79 Å². The second-order valence-corrected chi connectivity index (χ2v) is 6.72. The second-order valence-electron chi connectivity index (χ2n) is 6.72. The Morgan fingerprint density at radius 1 is 1.18 bits per heavy atom. The van der Waals surface area contributed by atoms with E-state index in [1.807, 2.05) is 24.3 Å². The molecule has 1 fully saturated rings. The maximum absolute atomic E-state index is 12.3. The third-order valence-electron chi connectivity index (χ3n) is 4.74. The molecule has 2 heterocycles. The third-order valence-corrected chi connectivity index (χ3v) is 4.74. The van der Waals surface area contributed by atoms with E-state index in [0.717, 1.165) is 11.3 Å². The number of benzene rings is 1. The highest BCUT2D eigenvalue weighted by Crippen LogP contribution is 2.18. The Morgan fingerprint density at radius 2 is 1.89 bits per heavy atom. The number of methoxy groups -OCH3 is 1. The fraction of sp³-hybridized carbons (Fsp3) is 0.474. The van der Waals surface area contributed by atoms with Gasteiger partial charge in [-0.1, -0.05) is 17.3 Å². The molecule has 3 amide bonds. The minimum Gasteiger partial charge on any atom is -0.497 e.